The van der Waals surface area contributed by atoms with Crippen LogP contribution >= 0.6 is 0 Å². The maximum absolute atomic E-state index is 13.1. The van der Waals surface area contributed by atoms with Crippen LogP contribution in [-0.4, -0.2) is 72.0 Å². The second-order valence-electron chi connectivity index (χ2n) is 11.4. The van der Waals surface area contributed by atoms with Gasteiger partial charge in [0.1, 0.15) is 11.3 Å². The first-order chi connectivity index (χ1) is 21.5. The molecule has 0 atom stereocenters. The maximum atomic E-state index is 13.1. The SMILES string of the molecule is CCN(CC)C(=O)c1cccc(N=c2cc(-c3ccc4nc(N5CCN(C)CC5)[nH]c4c3)oc3cc4ccccc4cc23)c1. The average Bonchev–Trinajstić information content (AvgIpc) is 3.48. The largest absolute Gasteiger partial charge is 0.456 e. The number of nitrogens with zero attached hydrogens (tertiary/aromatic N) is 5. The van der Waals surface area contributed by atoms with Gasteiger partial charge in [0.25, 0.3) is 5.91 Å². The highest BCUT2D eigenvalue weighted by atomic mass is 16.3. The Balaban J connectivity index is 1.35. The van der Waals surface area contributed by atoms with Gasteiger partial charge in [-0.15, -0.1) is 0 Å². The molecule has 1 fully saturated rings. The molecule has 44 heavy (non-hydrogen) atoms. The van der Waals surface area contributed by atoms with Crippen LogP contribution < -0.4 is 10.3 Å². The molecule has 0 spiro atoms. The number of carbonyl (C=O) groups is 1. The van der Waals surface area contributed by atoms with Gasteiger partial charge in [0.15, 0.2) is 0 Å². The van der Waals surface area contributed by atoms with Crippen LogP contribution in [0.3, 0.4) is 0 Å². The number of hydrogen-bond acceptors (Lipinski definition) is 6. The van der Waals surface area contributed by atoms with Gasteiger partial charge < -0.3 is 24.1 Å². The fraction of sp³-hybridized carbons (Fsp3) is 0.250. The van der Waals surface area contributed by atoms with Gasteiger partial charge in [-0.25, -0.2) is 9.98 Å². The molecule has 8 heteroatoms. The Bertz CT molecular complexity index is 2070. The number of fused-ring (bicyclic) bond motifs is 3. The summed E-state index contributed by atoms with van der Waals surface area (Å²) in [5.41, 5.74) is 4.92. The monoisotopic (exact) mass is 584 g/mol. The van der Waals surface area contributed by atoms with Crippen molar-refractivity contribution in [2.24, 2.45) is 4.99 Å². The number of benzene rings is 4. The lowest BCUT2D eigenvalue weighted by Crippen LogP contribution is -2.44. The van der Waals surface area contributed by atoms with Crippen LogP contribution in [0.5, 0.6) is 0 Å². The molecule has 4 aromatic carbocycles. The zero-order chi connectivity index (χ0) is 30.2. The third-order valence-corrected chi connectivity index (χ3v) is 8.56. The molecule has 3 heterocycles. The normalized spacial score (nSPS) is 14.6. The van der Waals surface area contributed by atoms with Crippen molar-refractivity contribution in [3.63, 3.8) is 0 Å². The molecule has 8 nitrogen and oxygen atoms in total. The molecule has 0 unspecified atom stereocenters. The highest BCUT2D eigenvalue weighted by molar-refractivity contribution is 5.97. The Morgan fingerprint density at radius 1 is 0.909 bits per heavy atom. The van der Waals surface area contributed by atoms with E-state index in [4.69, 9.17) is 14.4 Å². The van der Waals surface area contributed by atoms with Crippen LogP contribution in [0.4, 0.5) is 11.6 Å². The van der Waals surface area contributed by atoms with Crippen molar-refractivity contribution in [2.75, 3.05) is 51.2 Å². The Morgan fingerprint density at radius 2 is 1.68 bits per heavy atom. The highest BCUT2D eigenvalue weighted by Crippen LogP contribution is 2.29. The minimum atomic E-state index is 0.00968. The molecule has 1 aliphatic heterocycles. The number of likely N-dealkylation sites (N-methyl/N-ethyl adjacent to an activating group) is 1. The molecule has 1 amide bonds. The van der Waals surface area contributed by atoms with Crippen molar-refractivity contribution >= 4 is 50.3 Å². The van der Waals surface area contributed by atoms with E-state index in [1.165, 1.54) is 0 Å². The minimum Gasteiger partial charge on any atom is -0.456 e. The number of piperazine rings is 1. The number of H-pyrrole nitrogens is 1. The lowest BCUT2D eigenvalue weighted by molar-refractivity contribution is 0.0773. The Morgan fingerprint density at radius 3 is 2.45 bits per heavy atom. The average molecular weight is 585 g/mol. The van der Waals surface area contributed by atoms with Crippen molar-refractivity contribution in [1.29, 1.82) is 0 Å². The first-order valence-corrected chi connectivity index (χ1v) is 15.3. The number of hydrogen-bond donors (Lipinski definition) is 1. The number of aromatic amines is 1. The molecule has 222 valence electrons. The van der Waals surface area contributed by atoms with Gasteiger partial charge in [-0.1, -0.05) is 30.3 Å². The lowest BCUT2D eigenvalue weighted by atomic mass is 10.1. The molecule has 1 N–H and O–H groups in total. The van der Waals surface area contributed by atoms with Crippen molar-refractivity contribution in [3.8, 4) is 11.3 Å². The fourth-order valence-electron chi connectivity index (χ4n) is 5.95. The number of carbonyl (C=O) groups excluding carboxylic acids is 1. The number of rotatable bonds is 6. The van der Waals surface area contributed by atoms with Crippen LogP contribution in [0.25, 0.3) is 44.1 Å². The highest BCUT2D eigenvalue weighted by Gasteiger charge is 2.18. The third kappa shape index (κ3) is 5.33. The second-order valence-corrected chi connectivity index (χ2v) is 11.4. The zero-order valence-electron chi connectivity index (χ0n) is 25.4. The van der Waals surface area contributed by atoms with Gasteiger partial charge in [-0.3, -0.25) is 4.79 Å². The Kier molecular flexibility index (Phi) is 7.36. The smallest absolute Gasteiger partial charge is 0.253 e. The first kappa shape index (κ1) is 27.9. The van der Waals surface area contributed by atoms with Gasteiger partial charge in [0, 0.05) is 61.8 Å². The van der Waals surface area contributed by atoms with Crippen molar-refractivity contribution in [3.05, 3.63) is 95.8 Å². The quantitative estimate of drug-likeness (QED) is 0.223. The molecule has 2 aromatic heterocycles. The van der Waals surface area contributed by atoms with Crippen molar-refractivity contribution in [1.82, 2.24) is 19.8 Å². The van der Waals surface area contributed by atoms with E-state index in [1.807, 2.05) is 67.3 Å². The summed E-state index contributed by atoms with van der Waals surface area (Å²) in [5.74, 6) is 1.62. The van der Waals surface area contributed by atoms with E-state index in [-0.39, 0.29) is 5.91 Å². The van der Waals surface area contributed by atoms with Crippen molar-refractivity contribution < 1.29 is 9.21 Å². The van der Waals surface area contributed by atoms with Crippen LogP contribution in [0, 0.1) is 0 Å². The number of aromatic nitrogens is 2. The van der Waals surface area contributed by atoms with Gasteiger partial charge in [-0.05, 0) is 80.2 Å². The van der Waals surface area contributed by atoms with Gasteiger partial charge in [-0.2, -0.15) is 0 Å². The van der Waals surface area contributed by atoms with E-state index in [1.54, 1.807) is 0 Å². The third-order valence-electron chi connectivity index (χ3n) is 8.56. The van der Waals surface area contributed by atoms with E-state index >= 15 is 0 Å². The molecule has 0 aliphatic carbocycles. The molecule has 7 rings (SSSR count). The topological polar surface area (TPSA) is 81.0 Å². The van der Waals surface area contributed by atoms with Crippen LogP contribution in [0.2, 0.25) is 0 Å². The van der Waals surface area contributed by atoms with Crippen molar-refractivity contribution in [2.45, 2.75) is 13.8 Å². The number of nitrogens with one attached hydrogen (secondary N) is 1. The van der Waals surface area contributed by atoms with Gasteiger partial charge in [0.05, 0.1) is 22.1 Å². The van der Waals surface area contributed by atoms with Crippen LogP contribution in [-0.2, 0) is 0 Å². The summed E-state index contributed by atoms with van der Waals surface area (Å²) >= 11 is 0. The second kappa shape index (κ2) is 11.6. The Labute approximate surface area is 256 Å². The molecule has 0 radical (unpaired) electrons. The zero-order valence-corrected chi connectivity index (χ0v) is 25.4. The summed E-state index contributed by atoms with van der Waals surface area (Å²) in [6.07, 6.45) is 0. The van der Waals surface area contributed by atoms with E-state index in [0.29, 0.717) is 24.4 Å². The summed E-state index contributed by atoms with van der Waals surface area (Å²) in [4.78, 5) is 33.1. The molecule has 6 aromatic rings. The number of amides is 1. The maximum Gasteiger partial charge on any atom is 0.253 e. The molecular weight excluding hydrogens is 548 g/mol. The number of imidazole rings is 1. The summed E-state index contributed by atoms with van der Waals surface area (Å²) in [7, 11) is 2.15. The predicted octanol–water partition coefficient (Wildman–Crippen LogP) is 6.60. The molecule has 1 aliphatic rings. The molecule has 0 saturated carbocycles. The fourth-order valence-corrected chi connectivity index (χ4v) is 5.95. The summed E-state index contributed by atoms with van der Waals surface area (Å²) < 4.78 is 6.57. The Hall–Kier alpha value is -4.95. The molecule has 0 bridgehead atoms. The first-order valence-electron chi connectivity index (χ1n) is 15.3. The predicted molar refractivity (Wildman–Crippen MR) is 177 cm³/mol. The van der Waals surface area contributed by atoms with E-state index < -0.39 is 0 Å². The molecular formula is C36H36N6O2. The van der Waals surface area contributed by atoms with E-state index in [9.17, 15) is 4.79 Å². The summed E-state index contributed by atoms with van der Waals surface area (Å²) in [6.45, 7) is 9.25. The van der Waals surface area contributed by atoms with Gasteiger partial charge in [0.2, 0.25) is 5.95 Å². The van der Waals surface area contributed by atoms with Crippen LogP contribution in [0.1, 0.15) is 24.2 Å². The standard InChI is InChI=1S/C36H36N6O2/c1-4-41(5-2)35(43)27-11-8-12-28(19-27)37-31-23-33(44-34-22-25-10-7-6-9-24(25)20-29(31)34)26-13-14-30-32(21-26)39-36(38-30)42-17-15-40(3)16-18-42/h6-14,19-23H,4-5,15-18H2,1-3H3,(H,38,39). The van der Waals surface area contributed by atoms with E-state index in [2.05, 4.69) is 58.2 Å². The van der Waals surface area contributed by atoms with E-state index in [0.717, 1.165) is 81.5 Å². The summed E-state index contributed by atoms with van der Waals surface area (Å²) in [6, 6.07) is 28.2. The lowest BCUT2D eigenvalue weighted by Gasteiger charge is -2.32. The van der Waals surface area contributed by atoms with Crippen LogP contribution in [0.15, 0.2) is 94.3 Å². The summed E-state index contributed by atoms with van der Waals surface area (Å²) in [5, 5.41) is 3.90. The number of anilines is 1. The minimum absolute atomic E-state index is 0.00968. The molecule has 1 saturated heterocycles. The van der Waals surface area contributed by atoms with Gasteiger partial charge >= 0.3 is 0 Å².